The fourth-order valence-electron chi connectivity index (χ4n) is 1.43. The van der Waals surface area contributed by atoms with Crippen molar-refractivity contribution in [3.05, 3.63) is 29.8 Å². The molecule has 0 fully saturated rings. The molecule has 90 valence electrons. The predicted octanol–water partition coefficient (Wildman–Crippen LogP) is 2.01. The molecule has 0 radical (unpaired) electrons. The SMILES string of the molecule is C#CCC(N)C(=O)c1ccccc1OCCC. The van der Waals surface area contributed by atoms with Gasteiger partial charge in [0.25, 0.3) is 0 Å². The number of Topliss-reactive ketones (excluding diaryl/α,β-unsaturated/α-hetero) is 1. The molecule has 1 atom stereocenters. The molecule has 0 spiro atoms. The molecule has 1 rings (SSSR count). The topological polar surface area (TPSA) is 52.3 Å². The largest absolute Gasteiger partial charge is 0.493 e. The number of carbonyl (C=O) groups is 1. The van der Waals surface area contributed by atoms with E-state index in [-0.39, 0.29) is 12.2 Å². The van der Waals surface area contributed by atoms with E-state index in [2.05, 4.69) is 5.92 Å². The summed E-state index contributed by atoms with van der Waals surface area (Å²) in [7, 11) is 0. The smallest absolute Gasteiger partial charge is 0.184 e. The molecule has 3 nitrogen and oxygen atoms in total. The Hall–Kier alpha value is -1.79. The number of carbonyl (C=O) groups excluding carboxylic acids is 1. The van der Waals surface area contributed by atoms with Crippen molar-refractivity contribution in [2.75, 3.05) is 6.61 Å². The number of nitrogens with two attached hydrogens (primary N) is 1. The molecule has 1 unspecified atom stereocenters. The van der Waals surface area contributed by atoms with E-state index in [1.165, 1.54) is 0 Å². The molecule has 0 aliphatic heterocycles. The van der Waals surface area contributed by atoms with Gasteiger partial charge in [-0.05, 0) is 18.6 Å². The van der Waals surface area contributed by atoms with Crippen LogP contribution in [-0.2, 0) is 0 Å². The lowest BCUT2D eigenvalue weighted by Gasteiger charge is -2.12. The van der Waals surface area contributed by atoms with E-state index >= 15 is 0 Å². The Kier molecular flexibility index (Phi) is 5.25. The third kappa shape index (κ3) is 3.61. The maximum absolute atomic E-state index is 12.0. The highest BCUT2D eigenvalue weighted by molar-refractivity contribution is 6.02. The van der Waals surface area contributed by atoms with Crippen LogP contribution in [0.4, 0.5) is 0 Å². The number of benzene rings is 1. The number of hydrogen-bond donors (Lipinski definition) is 1. The second-order valence-electron chi connectivity index (χ2n) is 3.72. The van der Waals surface area contributed by atoms with E-state index in [4.69, 9.17) is 16.9 Å². The molecular weight excluding hydrogens is 214 g/mol. The minimum Gasteiger partial charge on any atom is -0.493 e. The zero-order valence-electron chi connectivity index (χ0n) is 9.98. The Morgan fingerprint density at radius 2 is 2.24 bits per heavy atom. The van der Waals surface area contributed by atoms with Gasteiger partial charge in [-0.2, -0.15) is 0 Å². The van der Waals surface area contributed by atoms with Crippen LogP contribution in [0.3, 0.4) is 0 Å². The Morgan fingerprint density at radius 1 is 1.53 bits per heavy atom. The standard InChI is InChI=1S/C14H17NO2/c1-3-7-12(15)14(16)11-8-5-6-9-13(11)17-10-4-2/h1,5-6,8-9,12H,4,7,10,15H2,2H3. The molecule has 17 heavy (non-hydrogen) atoms. The monoisotopic (exact) mass is 231 g/mol. The minimum atomic E-state index is -0.661. The molecule has 3 heteroatoms. The van der Waals surface area contributed by atoms with Crippen LogP contribution < -0.4 is 10.5 Å². The van der Waals surface area contributed by atoms with E-state index in [0.717, 1.165) is 6.42 Å². The van der Waals surface area contributed by atoms with Gasteiger partial charge in [0.15, 0.2) is 5.78 Å². The molecule has 0 saturated carbocycles. The number of ether oxygens (including phenoxy) is 1. The highest BCUT2D eigenvalue weighted by Gasteiger charge is 2.18. The van der Waals surface area contributed by atoms with Gasteiger partial charge in [0.05, 0.1) is 18.2 Å². The lowest BCUT2D eigenvalue weighted by Crippen LogP contribution is -2.30. The number of rotatable bonds is 6. The van der Waals surface area contributed by atoms with Crippen LogP contribution in [0.15, 0.2) is 24.3 Å². The molecule has 1 aromatic rings. The zero-order valence-corrected chi connectivity index (χ0v) is 9.98. The minimum absolute atomic E-state index is 0.172. The second kappa shape index (κ2) is 6.72. The lowest BCUT2D eigenvalue weighted by atomic mass is 10.0. The second-order valence-corrected chi connectivity index (χ2v) is 3.72. The number of ketones is 1. The Bertz CT molecular complexity index is 420. The normalized spacial score (nSPS) is 11.6. The first-order chi connectivity index (χ1) is 8.20. The Balaban J connectivity index is 2.89. The number of hydrogen-bond acceptors (Lipinski definition) is 3. The quantitative estimate of drug-likeness (QED) is 0.602. The summed E-state index contributed by atoms with van der Waals surface area (Å²) in [5.74, 6) is 2.80. The first-order valence-electron chi connectivity index (χ1n) is 5.65. The van der Waals surface area contributed by atoms with Crippen LogP contribution in [0, 0.1) is 12.3 Å². The fourth-order valence-corrected chi connectivity index (χ4v) is 1.43. The van der Waals surface area contributed by atoms with E-state index in [1.54, 1.807) is 18.2 Å². The van der Waals surface area contributed by atoms with Gasteiger partial charge in [-0.25, -0.2) is 0 Å². The van der Waals surface area contributed by atoms with Crippen molar-refractivity contribution >= 4 is 5.78 Å². The van der Waals surface area contributed by atoms with E-state index in [9.17, 15) is 4.79 Å². The van der Waals surface area contributed by atoms with Crippen LogP contribution >= 0.6 is 0 Å². The molecule has 0 bridgehead atoms. The van der Waals surface area contributed by atoms with Crippen LogP contribution in [-0.4, -0.2) is 18.4 Å². The number of para-hydroxylation sites is 1. The summed E-state index contributed by atoms with van der Waals surface area (Å²) in [6.45, 7) is 2.59. The molecule has 0 heterocycles. The predicted molar refractivity (Wildman–Crippen MR) is 68.0 cm³/mol. The lowest BCUT2D eigenvalue weighted by molar-refractivity contribution is 0.0959. The first-order valence-corrected chi connectivity index (χ1v) is 5.65. The Labute approximate surface area is 102 Å². The summed E-state index contributed by atoms with van der Waals surface area (Å²) in [4.78, 5) is 12.0. The molecule has 0 aliphatic carbocycles. The van der Waals surface area contributed by atoms with Crippen molar-refractivity contribution in [3.63, 3.8) is 0 Å². The van der Waals surface area contributed by atoms with E-state index in [1.807, 2.05) is 13.0 Å². The van der Waals surface area contributed by atoms with Crippen molar-refractivity contribution in [2.24, 2.45) is 5.73 Å². The molecular formula is C14H17NO2. The third-order valence-electron chi connectivity index (χ3n) is 2.29. The highest BCUT2D eigenvalue weighted by atomic mass is 16.5. The van der Waals surface area contributed by atoms with Gasteiger partial charge >= 0.3 is 0 Å². The van der Waals surface area contributed by atoms with Gasteiger partial charge in [0.2, 0.25) is 0 Å². The molecule has 2 N–H and O–H groups in total. The van der Waals surface area contributed by atoms with Gasteiger partial charge in [-0.15, -0.1) is 12.3 Å². The van der Waals surface area contributed by atoms with Crippen molar-refractivity contribution in [1.82, 2.24) is 0 Å². The molecule has 1 aromatic carbocycles. The summed E-state index contributed by atoms with van der Waals surface area (Å²) in [5.41, 5.74) is 6.21. The molecule has 0 amide bonds. The highest BCUT2D eigenvalue weighted by Crippen LogP contribution is 2.20. The van der Waals surface area contributed by atoms with Crippen molar-refractivity contribution in [1.29, 1.82) is 0 Å². The van der Waals surface area contributed by atoms with Crippen molar-refractivity contribution in [2.45, 2.75) is 25.8 Å². The molecule has 0 saturated heterocycles. The maximum Gasteiger partial charge on any atom is 0.184 e. The summed E-state index contributed by atoms with van der Waals surface area (Å²) in [6, 6.07) is 6.43. The summed E-state index contributed by atoms with van der Waals surface area (Å²) < 4.78 is 5.51. The maximum atomic E-state index is 12.0. The molecule has 0 aliphatic rings. The average Bonchev–Trinajstić information content (AvgIpc) is 2.36. The van der Waals surface area contributed by atoms with Gasteiger partial charge < -0.3 is 10.5 Å². The van der Waals surface area contributed by atoms with Crippen LogP contribution in [0.2, 0.25) is 0 Å². The summed E-state index contributed by atoms with van der Waals surface area (Å²) >= 11 is 0. The van der Waals surface area contributed by atoms with Crippen molar-refractivity contribution < 1.29 is 9.53 Å². The average molecular weight is 231 g/mol. The summed E-state index contributed by atoms with van der Waals surface area (Å²) in [5, 5.41) is 0. The van der Waals surface area contributed by atoms with E-state index < -0.39 is 6.04 Å². The zero-order chi connectivity index (χ0) is 12.7. The van der Waals surface area contributed by atoms with Crippen LogP contribution in [0.1, 0.15) is 30.1 Å². The van der Waals surface area contributed by atoms with Gasteiger partial charge in [0, 0.05) is 6.42 Å². The number of terminal acetylenes is 1. The van der Waals surface area contributed by atoms with Crippen molar-refractivity contribution in [3.8, 4) is 18.1 Å². The third-order valence-corrected chi connectivity index (χ3v) is 2.29. The van der Waals surface area contributed by atoms with Gasteiger partial charge in [0.1, 0.15) is 5.75 Å². The molecule has 0 aromatic heterocycles. The van der Waals surface area contributed by atoms with Gasteiger partial charge in [-0.1, -0.05) is 19.1 Å². The summed E-state index contributed by atoms with van der Waals surface area (Å²) in [6.07, 6.45) is 6.27. The van der Waals surface area contributed by atoms with Crippen LogP contribution in [0.5, 0.6) is 5.75 Å². The first kappa shape index (κ1) is 13.3. The van der Waals surface area contributed by atoms with Crippen LogP contribution in [0.25, 0.3) is 0 Å². The fraction of sp³-hybridized carbons (Fsp3) is 0.357. The Morgan fingerprint density at radius 3 is 2.88 bits per heavy atom. The van der Waals surface area contributed by atoms with Gasteiger partial charge in [-0.3, -0.25) is 4.79 Å². The van der Waals surface area contributed by atoms with E-state index in [0.29, 0.717) is 17.9 Å².